The van der Waals surface area contributed by atoms with Crippen molar-refractivity contribution in [1.29, 1.82) is 0 Å². The summed E-state index contributed by atoms with van der Waals surface area (Å²) in [6.45, 7) is 3.53. The molecule has 9 heteroatoms. The van der Waals surface area contributed by atoms with Gasteiger partial charge >= 0.3 is 0 Å². The van der Waals surface area contributed by atoms with Crippen LogP contribution in [0.1, 0.15) is 6.92 Å². The van der Waals surface area contributed by atoms with E-state index in [1.807, 2.05) is 11.9 Å². The van der Waals surface area contributed by atoms with Gasteiger partial charge in [0, 0.05) is 37.8 Å². The molecule has 2 fully saturated rings. The molecule has 2 aromatic rings. The van der Waals surface area contributed by atoms with Crippen LogP contribution in [0.15, 0.2) is 18.6 Å². The topological polar surface area (TPSA) is 84.9 Å². The number of halogens is 2. The second kappa shape index (κ2) is 5.31. The van der Waals surface area contributed by atoms with Gasteiger partial charge in [-0.25, -0.2) is 9.37 Å². The number of anilines is 3. The largest absolute Gasteiger partial charge is 0.352 e. The van der Waals surface area contributed by atoms with Gasteiger partial charge in [0.1, 0.15) is 0 Å². The number of aryl methyl sites for hydroxylation is 1. The van der Waals surface area contributed by atoms with E-state index in [2.05, 4.69) is 27.3 Å². The van der Waals surface area contributed by atoms with Crippen molar-refractivity contribution in [2.45, 2.75) is 12.5 Å². The van der Waals surface area contributed by atoms with Crippen LogP contribution in [-0.4, -0.2) is 38.4 Å². The van der Waals surface area contributed by atoms with Gasteiger partial charge in [-0.3, -0.25) is 4.68 Å². The third kappa shape index (κ3) is 2.51. The molecule has 23 heavy (non-hydrogen) atoms. The number of hydrogen-bond acceptors (Lipinski definition) is 6. The molecule has 124 valence electrons. The van der Waals surface area contributed by atoms with Crippen LogP contribution >= 0.6 is 12.4 Å². The summed E-state index contributed by atoms with van der Waals surface area (Å²) in [4.78, 5) is 10.2. The van der Waals surface area contributed by atoms with E-state index in [9.17, 15) is 4.39 Å². The lowest BCUT2D eigenvalue weighted by Gasteiger charge is -2.22. The maximum atomic E-state index is 14.1. The zero-order valence-electron chi connectivity index (χ0n) is 12.9. The van der Waals surface area contributed by atoms with Gasteiger partial charge in [-0.05, 0) is 5.92 Å². The molecule has 0 aromatic carbocycles. The summed E-state index contributed by atoms with van der Waals surface area (Å²) in [7, 11) is 1.82. The zero-order valence-corrected chi connectivity index (χ0v) is 13.7. The molecule has 0 bridgehead atoms. The van der Waals surface area contributed by atoms with Gasteiger partial charge in [0.15, 0.2) is 11.6 Å². The molecule has 3 atom stereocenters. The number of nitrogens with zero attached hydrogens (tertiary/aromatic N) is 5. The summed E-state index contributed by atoms with van der Waals surface area (Å²) < 4.78 is 15.7. The number of rotatable bonds is 3. The Labute approximate surface area is 139 Å². The first-order valence-corrected chi connectivity index (χ1v) is 7.29. The lowest BCUT2D eigenvalue weighted by Crippen LogP contribution is -2.36. The van der Waals surface area contributed by atoms with E-state index in [1.54, 1.807) is 17.1 Å². The van der Waals surface area contributed by atoms with Gasteiger partial charge in [-0.15, -0.1) is 12.4 Å². The van der Waals surface area contributed by atoms with Gasteiger partial charge in [-0.2, -0.15) is 10.1 Å². The molecule has 1 aliphatic carbocycles. The number of nitrogens with one attached hydrogen (secondary N) is 1. The Morgan fingerprint density at radius 2 is 2.22 bits per heavy atom. The monoisotopic (exact) mass is 339 g/mol. The normalized spacial score (nSPS) is 28.3. The third-order valence-electron chi connectivity index (χ3n) is 4.90. The predicted octanol–water partition coefficient (Wildman–Crippen LogP) is 1.30. The minimum absolute atomic E-state index is 0. The summed E-state index contributed by atoms with van der Waals surface area (Å²) in [6.07, 6.45) is 4.65. The highest BCUT2D eigenvalue weighted by Gasteiger charge is 2.64. The molecule has 0 unspecified atom stereocenters. The van der Waals surface area contributed by atoms with Crippen LogP contribution in [0.3, 0.4) is 0 Å². The molecule has 0 amide bonds. The Hall–Kier alpha value is -1.93. The fourth-order valence-corrected chi connectivity index (χ4v) is 3.39. The van der Waals surface area contributed by atoms with Crippen LogP contribution in [0, 0.1) is 17.7 Å². The molecule has 0 radical (unpaired) electrons. The molecule has 1 saturated heterocycles. The second-order valence-corrected chi connectivity index (χ2v) is 6.28. The van der Waals surface area contributed by atoms with E-state index < -0.39 is 5.82 Å². The average molecular weight is 340 g/mol. The van der Waals surface area contributed by atoms with Gasteiger partial charge in [0.2, 0.25) is 5.95 Å². The smallest absolute Gasteiger partial charge is 0.229 e. The maximum Gasteiger partial charge on any atom is 0.229 e. The first-order chi connectivity index (χ1) is 10.5. The number of fused-ring (bicyclic) bond motifs is 1. The summed E-state index contributed by atoms with van der Waals surface area (Å²) in [5.41, 5.74) is 6.87. The van der Waals surface area contributed by atoms with Crippen molar-refractivity contribution >= 4 is 29.9 Å². The SMILES string of the molecule is C[C@H]1[C@H]2CN(c3nc(Nc4cnn(C)c4)ncc3F)C[C@]21N.Cl. The number of piperidine rings is 1. The summed E-state index contributed by atoms with van der Waals surface area (Å²) >= 11 is 0. The Morgan fingerprint density at radius 3 is 2.83 bits per heavy atom. The molecule has 1 aliphatic heterocycles. The minimum atomic E-state index is -0.422. The number of aromatic nitrogens is 4. The minimum Gasteiger partial charge on any atom is -0.352 e. The van der Waals surface area contributed by atoms with Crippen molar-refractivity contribution in [3.63, 3.8) is 0 Å². The zero-order chi connectivity index (χ0) is 15.5. The van der Waals surface area contributed by atoms with Gasteiger partial charge in [0.25, 0.3) is 0 Å². The molecule has 7 nitrogen and oxygen atoms in total. The summed E-state index contributed by atoms with van der Waals surface area (Å²) in [6, 6.07) is 0. The van der Waals surface area contributed by atoms with E-state index in [4.69, 9.17) is 5.73 Å². The van der Waals surface area contributed by atoms with Crippen LogP contribution in [0.2, 0.25) is 0 Å². The van der Waals surface area contributed by atoms with E-state index in [0.29, 0.717) is 30.1 Å². The molecular weight excluding hydrogens is 321 g/mol. The van der Waals surface area contributed by atoms with Crippen molar-refractivity contribution < 1.29 is 4.39 Å². The molecule has 2 aliphatic rings. The molecule has 3 heterocycles. The third-order valence-corrected chi connectivity index (χ3v) is 4.90. The van der Waals surface area contributed by atoms with Gasteiger partial charge < -0.3 is 16.0 Å². The Morgan fingerprint density at radius 1 is 1.43 bits per heavy atom. The molecule has 2 aromatic heterocycles. The molecule has 0 spiro atoms. The quantitative estimate of drug-likeness (QED) is 0.876. The molecule has 4 rings (SSSR count). The fraction of sp³-hybridized carbons (Fsp3) is 0.500. The van der Waals surface area contributed by atoms with Gasteiger partial charge in [-0.1, -0.05) is 6.92 Å². The average Bonchev–Trinajstić information content (AvgIpc) is 2.87. The number of hydrogen-bond donors (Lipinski definition) is 2. The Balaban J connectivity index is 0.00000156. The van der Waals surface area contributed by atoms with E-state index >= 15 is 0 Å². The van der Waals surface area contributed by atoms with Crippen LogP contribution < -0.4 is 16.0 Å². The van der Waals surface area contributed by atoms with E-state index in [-0.39, 0.29) is 17.9 Å². The van der Waals surface area contributed by atoms with Crippen molar-refractivity contribution in [2.24, 2.45) is 24.6 Å². The Bertz CT molecular complexity index is 736. The second-order valence-electron chi connectivity index (χ2n) is 6.28. The van der Waals surface area contributed by atoms with Crippen LogP contribution in [0.5, 0.6) is 0 Å². The highest BCUT2D eigenvalue weighted by Crippen LogP contribution is 2.53. The summed E-state index contributed by atoms with van der Waals surface area (Å²) in [5.74, 6) is 1.17. The van der Waals surface area contributed by atoms with Crippen LogP contribution in [-0.2, 0) is 7.05 Å². The van der Waals surface area contributed by atoms with Crippen LogP contribution in [0.4, 0.5) is 21.8 Å². The first kappa shape index (κ1) is 15.9. The van der Waals surface area contributed by atoms with E-state index in [1.165, 1.54) is 6.20 Å². The molecule has 1 saturated carbocycles. The lowest BCUT2D eigenvalue weighted by molar-refractivity contribution is 0.583. The van der Waals surface area contributed by atoms with Crippen molar-refractivity contribution in [3.8, 4) is 0 Å². The standard InChI is InChI=1S/C14H18FN7.ClH/c1-8-10-6-22(7-14(8,10)16)12-11(15)4-17-13(20-12)19-9-3-18-21(2)5-9;/h3-5,8,10H,6-7,16H2,1-2H3,(H,17,19,20);1H/t8-,10+,14+;/m0./s1. The summed E-state index contributed by atoms with van der Waals surface area (Å²) in [5, 5.41) is 7.09. The maximum absolute atomic E-state index is 14.1. The first-order valence-electron chi connectivity index (χ1n) is 7.29. The van der Waals surface area contributed by atoms with Crippen molar-refractivity contribution in [2.75, 3.05) is 23.3 Å². The van der Waals surface area contributed by atoms with Crippen molar-refractivity contribution in [3.05, 3.63) is 24.4 Å². The fourth-order valence-electron chi connectivity index (χ4n) is 3.39. The molecule has 3 N–H and O–H groups in total. The Kier molecular flexibility index (Phi) is 3.68. The van der Waals surface area contributed by atoms with Crippen molar-refractivity contribution in [1.82, 2.24) is 19.7 Å². The highest BCUT2D eigenvalue weighted by molar-refractivity contribution is 5.85. The lowest BCUT2D eigenvalue weighted by atomic mass is 10.2. The highest BCUT2D eigenvalue weighted by atomic mass is 35.5. The molecular formula is C14H19ClFN7. The van der Waals surface area contributed by atoms with E-state index in [0.717, 1.165) is 12.2 Å². The van der Waals surface area contributed by atoms with Crippen LogP contribution in [0.25, 0.3) is 0 Å². The predicted molar refractivity (Wildman–Crippen MR) is 87.5 cm³/mol. The number of nitrogens with two attached hydrogens (primary N) is 1. The van der Waals surface area contributed by atoms with Gasteiger partial charge in [0.05, 0.1) is 18.1 Å².